The first-order valence-corrected chi connectivity index (χ1v) is 10.9. The summed E-state index contributed by atoms with van der Waals surface area (Å²) in [6, 6.07) is 15.4. The van der Waals surface area contributed by atoms with Crippen LogP contribution in [0, 0.1) is 13.8 Å². The summed E-state index contributed by atoms with van der Waals surface area (Å²) >= 11 is 1.37. The molecule has 0 bridgehead atoms. The summed E-state index contributed by atoms with van der Waals surface area (Å²) in [5.74, 6) is -0.890. The Morgan fingerprint density at radius 3 is 2.65 bits per heavy atom. The number of hydrogen-bond donors (Lipinski definition) is 3. The Hall–Kier alpha value is -3.39. The zero-order valence-electron chi connectivity index (χ0n) is 17.2. The molecule has 8 heteroatoms. The molecule has 1 atom stereocenters. The Balaban J connectivity index is 1.57. The zero-order chi connectivity index (χ0) is 22.0. The maximum Gasteiger partial charge on any atom is 0.257 e. The van der Waals surface area contributed by atoms with Gasteiger partial charge in [0.15, 0.2) is 5.16 Å². The van der Waals surface area contributed by atoms with Crippen LogP contribution in [-0.2, 0) is 15.3 Å². The Labute approximate surface area is 183 Å². The van der Waals surface area contributed by atoms with Gasteiger partial charge in [-0.05, 0) is 31.5 Å². The van der Waals surface area contributed by atoms with E-state index in [0.717, 1.165) is 16.7 Å². The number of rotatable bonds is 5. The molecule has 3 N–H and O–H groups in total. The van der Waals surface area contributed by atoms with E-state index in [9.17, 15) is 14.4 Å². The Bertz CT molecular complexity index is 1200. The lowest BCUT2D eigenvalue weighted by atomic mass is 9.92. The number of carbonyl (C=O) groups excluding carboxylic acids is 2. The number of carbonyl (C=O) groups is 2. The van der Waals surface area contributed by atoms with Crippen LogP contribution < -0.4 is 16.2 Å². The molecular weight excluding hydrogens is 412 g/mol. The highest BCUT2D eigenvalue weighted by molar-refractivity contribution is 7.98. The standard InChI is InChI=1S/C23H22N4O3S/c1-13-6-8-16(9-7-13)24-21(29)17-11-18(28)25-20-19(17)22(30)27-23(26-20)31-12-15-5-3-4-14(2)10-15/h3-10,17H,11-12H2,1-2H3,(H,24,29)(H2,25,26,27,28,30). The van der Waals surface area contributed by atoms with E-state index in [1.165, 1.54) is 11.8 Å². The summed E-state index contributed by atoms with van der Waals surface area (Å²) in [6.07, 6.45) is -0.106. The molecule has 0 saturated carbocycles. The Morgan fingerprint density at radius 1 is 1.13 bits per heavy atom. The topological polar surface area (TPSA) is 104 Å². The third-order valence-electron chi connectivity index (χ3n) is 5.02. The van der Waals surface area contributed by atoms with Crippen molar-refractivity contribution in [3.05, 3.63) is 81.1 Å². The fourth-order valence-electron chi connectivity index (χ4n) is 3.46. The van der Waals surface area contributed by atoms with Crippen LogP contribution in [0.15, 0.2) is 58.5 Å². The van der Waals surface area contributed by atoms with Crippen LogP contribution in [0.1, 0.15) is 34.6 Å². The Kier molecular flexibility index (Phi) is 5.90. The lowest BCUT2D eigenvalue weighted by molar-refractivity contribution is -0.123. The van der Waals surface area contributed by atoms with E-state index in [1.54, 1.807) is 12.1 Å². The molecule has 1 aliphatic heterocycles. The van der Waals surface area contributed by atoms with E-state index < -0.39 is 17.4 Å². The molecule has 0 aliphatic carbocycles. The number of anilines is 2. The highest BCUT2D eigenvalue weighted by atomic mass is 32.2. The molecule has 4 rings (SSSR count). The largest absolute Gasteiger partial charge is 0.326 e. The van der Waals surface area contributed by atoms with E-state index >= 15 is 0 Å². The van der Waals surface area contributed by atoms with E-state index in [0.29, 0.717) is 16.6 Å². The number of aromatic amines is 1. The van der Waals surface area contributed by atoms with Crippen LogP contribution in [0.5, 0.6) is 0 Å². The van der Waals surface area contributed by atoms with Crippen LogP contribution in [0.4, 0.5) is 11.5 Å². The lowest BCUT2D eigenvalue weighted by Crippen LogP contribution is -2.36. The monoisotopic (exact) mass is 434 g/mol. The summed E-state index contributed by atoms with van der Waals surface area (Å²) < 4.78 is 0. The van der Waals surface area contributed by atoms with E-state index in [2.05, 4.69) is 26.7 Å². The van der Waals surface area contributed by atoms with E-state index in [4.69, 9.17) is 0 Å². The summed E-state index contributed by atoms with van der Waals surface area (Å²) in [7, 11) is 0. The summed E-state index contributed by atoms with van der Waals surface area (Å²) in [4.78, 5) is 45.1. The number of thioether (sulfide) groups is 1. The zero-order valence-corrected chi connectivity index (χ0v) is 18.0. The predicted molar refractivity (Wildman–Crippen MR) is 121 cm³/mol. The molecule has 1 aliphatic rings. The van der Waals surface area contributed by atoms with Crippen molar-refractivity contribution in [1.82, 2.24) is 9.97 Å². The van der Waals surface area contributed by atoms with Gasteiger partial charge >= 0.3 is 0 Å². The summed E-state index contributed by atoms with van der Waals surface area (Å²) in [5.41, 5.74) is 3.70. The third-order valence-corrected chi connectivity index (χ3v) is 5.97. The number of nitrogens with zero attached hydrogens (tertiary/aromatic N) is 1. The molecule has 2 aromatic carbocycles. The van der Waals surface area contributed by atoms with Gasteiger partial charge in [-0.2, -0.15) is 0 Å². The van der Waals surface area contributed by atoms with Gasteiger partial charge < -0.3 is 15.6 Å². The van der Waals surface area contributed by atoms with Crippen LogP contribution in [0.2, 0.25) is 0 Å². The molecule has 1 unspecified atom stereocenters. The van der Waals surface area contributed by atoms with Crippen molar-refractivity contribution in [3.8, 4) is 0 Å². The molecule has 158 valence electrons. The average Bonchev–Trinajstić information content (AvgIpc) is 2.73. The molecule has 0 fully saturated rings. The highest BCUT2D eigenvalue weighted by Crippen LogP contribution is 2.31. The molecule has 31 heavy (non-hydrogen) atoms. The van der Waals surface area contributed by atoms with E-state index in [-0.39, 0.29) is 23.7 Å². The van der Waals surface area contributed by atoms with Crippen LogP contribution in [0.3, 0.4) is 0 Å². The Morgan fingerprint density at radius 2 is 1.90 bits per heavy atom. The van der Waals surface area contributed by atoms with Gasteiger partial charge in [-0.25, -0.2) is 4.98 Å². The van der Waals surface area contributed by atoms with Crippen molar-refractivity contribution in [3.63, 3.8) is 0 Å². The number of H-pyrrole nitrogens is 1. The van der Waals surface area contributed by atoms with Crippen molar-refractivity contribution in [1.29, 1.82) is 0 Å². The summed E-state index contributed by atoms with van der Waals surface area (Å²) in [6.45, 7) is 3.97. The van der Waals surface area contributed by atoms with Gasteiger partial charge in [0.2, 0.25) is 11.8 Å². The van der Waals surface area contributed by atoms with Gasteiger partial charge in [-0.15, -0.1) is 0 Å². The van der Waals surface area contributed by atoms with Crippen molar-refractivity contribution in [2.75, 3.05) is 10.6 Å². The normalized spacial score (nSPS) is 15.2. The molecule has 2 amide bonds. The second kappa shape index (κ2) is 8.77. The SMILES string of the molecule is Cc1ccc(NC(=O)C2CC(=O)Nc3nc(SCc4cccc(C)c4)[nH]c(=O)c32)cc1. The van der Waals surface area contributed by atoms with Crippen molar-refractivity contribution in [2.24, 2.45) is 0 Å². The van der Waals surface area contributed by atoms with Crippen LogP contribution in [-0.4, -0.2) is 21.8 Å². The summed E-state index contributed by atoms with van der Waals surface area (Å²) in [5, 5.41) is 5.82. The predicted octanol–water partition coefficient (Wildman–Crippen LogP) is 3.74. The van der Waals surface area contributed by atoms with Crippen molar-refractivity contribution >= 4 is 35.1 Å². The molecule has 3 aromatic rings. The second-order valence-corrected chi connectivity index (χ2v) is 8.54. The van der Waals surface area contributed by atoms with Crippen molar-refractivity contribution < 1.29 is 9.59 Å². The van der Waals surface area contributed by atoms with Gasteiger partial charge in [-0.1, -0.05) is 59.3 Å². The minimum absolute atomic E-state index is 0.106. The van der Waals surface area contributed by atoms with E-state index in [1.807, 2.05) is 44.2 Å². The smallest absolute Gasteiger partial charge is 0.257 e. The van der Waals surface area contributed by atoms with Crippen LogP contribution in [0.25, 0.3) is 0 Å². The fraction of sp³-hybridized carbons (Fsp3) is 0.217. The first-order valence-electron chi connectivity index (χ1n) is 9.89. The number of aryl methyl sites for hydroxylation is 2. The maximum atomic E-state index is 12.9. The maximum absolute atomic E-state index is 12.9. The quantitative estimate of drug-likeness (QED) is 0.419. The fourth-order valence-corrected chi connectivity index (χ4v) is 4.27. The first kappa shape index (κ1) is 20.9. The second-order valence-electron chi connectivity index (χ2n) is 7.57. The molecule has 1 aromatic heterocycles. The number of aromatic nitrogens is 2. The molecule has 0 radical (unpaired) electrons. The third kappa shape index (κ3) is 4.86. The highest BCUT2D eigenvalue weighted by Gasteiger charge is 2.34. The number of nitrogens with one attached hydrogen (secondary N) is 3. The van der Waals surface area contributed by atoms with Crippen LogP contribution >= 0.6 is 11.8 Å². The van der Waals surface area contributed by atoms with Gasteiger partial charge in [0.25, 0.3) is 5.56 Å². The average molecular weight is 435 g/mol. The number of benzene rings is 2. The molecule has 0 spiro atoms. The van der Waals surface area contributed by atoms with Gasteiger partial charge in [-0.3, -0.25) is 14.4 Å². The molecule has 2 heterocycles. The lowest BCUT2D eigenvalue weighted by Gasteiger charge is -2.23. The number of hydrogen-bond acceptors (Lipinski definition) is 5. The molecule has 7 nitrogen and oxygen atoms in total. The minimum Gasteiger partial charge on any atom is -0.326 e. The van der Waals surface area contributed by atoms with Gasteiger partial charge in [0.05, 0.1) is 11.5 Å². The van der Waals surface area contributed by atoms with Gasteiger partial charge in [0, 0.05) is 17.9 Å². The first-order chi connectivity index (χ1) is 14.9. The molecule has 0 saturated heterocycles. The molecular formula is C23H22N4O3S. The van der Waals surface area contributed by atoms with Gasteiger partial charge in [0.1, 0.15) is 5.82 Å². The number of amides is 2. The minimum atomic E-state index is -0.905. The van der Waals surface area contributed by atoms with Crippen molar-refractivity contribution in [2.45, 2.75) is 37.1 Å². The number of fused-ring (bicyclic) bond motifs is 1.